The molecule has 0 saturated carbocycles. The fourth-order valence-electron chi connectivity index (χ4n) is 1.47. The fraction of sp³-hybridized carbons (Fsp3) is 0.583. The Hall–Kier alpha value is -0.890. The zero-order valence-corrected chi connectivity index (χ0v) is 9.11. The van der Waals surface area contributed by atoms with E-state index in [1.165, 1.54) is 5.56 Å². The average Bonchev–Trinajstić information content (AvgIpc) is 2.26. The van der Waals surface area contributed by atoms with Crippen LogP contribution in [0.2, 0.25) is 0 Å². The van der Waals surface area contributed by atoms with Crippen LogP contribution in [0.3, 0.4) is 0 Å². The Morgan fingerprint density at radius 3 is 2.86 bits per heavy atom. The van der Waals surface area contributed by atoms with E-state index in [9.17, 15) is 0 Å². The van der Waals surface area contributed by atoms with Crippen molar-refractivity contribution >= 4 is 0 Å². The molecule has 2 atom stereocenters. The zero-order valence-electron chi connectivity index (χ0n) is 9.11. The summed E-state index contributed by atoms with van der Waals surface area (Å²) in [7, 11) is 0. The molecule has 1 heterocycles. The second-order valence-electron chi connectivity index (χ2n) is 3.95. The van der Waals surface area contributed by atoms with Crippen LogP contribution in [0, 0.1) is 5.92 Å². The van der Waals surface area contributed by atoms with Crippen LogP contribution in [-0.4, -0.2) is 11.0 Å². The molecule has 78 valence electrons. The van der Waals surface area contributed by atoms with Gasteiger partial charge in [-0.3, -0.25) is 4.98 Å². The molecule has 0 spiro atoms. The first-order valence-corrected chi connectivity index (χ1v) is 5.38. The van der Waals surface area contributed by atoms with Gasteiger partial charge >= 0.3 is 0 Å². The minimum Gasteiger partial charge on any atom is -0.327 e. The summed E-state index contributed by atoms with van der Waals surface area (Å²) in [5.74, 6) is 0.617. The highest BCUT2D eigenvalue weighted by Gasteiger charge is 2.10. The molecule has 0 amide bonds. The van der Waals surface area contributed by atoms with Crippen molar-refractivity contribution < 1.29 is 0 Å². The van der Waals surface area contributed by atoms with Gasteiger partial charge < -0.3 is 5.73 Å². The Bertz CT molecular complexity index is 246. The lowest BCUT2D eigenvalue weighted by Gasteiger charge is -2.17. The lowest BCUT2D eigenvalue weighted by Crippen LogP contribution is -2.28. The maximum atomic E-state index is 6.06. The van der Waals surface area contributed by atoms with Crippen molar-refractivity contribution in [1.29, 1.82) is 0 Å². The second kappa shape index (κ2) is 5.76. The first-order valence-electron chi connectivity index (χ1n) is 5.38. The molecular weight excluding hydrogens is 172 g/mol. The summed E-state index contributed by atoms with van der Waals surface area (Å²) < 4.78 is 0. The van der Waals surface area contributed by atoms with E-state index in [0.717, 1.165) is 19.3 Å². The predicted octanol–water partition coefficient (Wildman–Crippen LogP) is 2.39. The largest absolute Gasteiger partial charge is 0.327 e. The number of aryl methyl sites for hydroxylation is 1. The molecule has 2 unspecified atom stereocenters. The Morgan fingerprint density at radius 1 is 1.50 bits per heavy atom. The highest BCUT2D eigenvalue weighted by molar-refractivity contribution is 5.08. The van der Waals surface area contributed by atoms with Crippen molar-refractivity contribution in [3.05, 3.63) is 30.1 Å². The molecule has 0 fully saturated rings. The monoisotopic (exact) mass is 192 g/mol. The number of pyridine rings is 1. The fourth-order valence-corrected chi connectivity index (χ4v) is 1.47. The maximum Gasteiger partial charge on any atom is 0.0299 e. The third kappa shape index (κ3) is 3.46. The molecule has 1 rings (SSSR count). The van der Waals surface area contributed by atoms with Gasteiger partial charge in [-0.25, -0.2) is 0 Å². The topological polar surface area (TPSA) is 38.9 Å². The van der Waals surface area contributed by atoms with Gasteiger partial charge in [0.05, 0.1) is 0 Å². The van der Waals surface area contributed by atoms with Crippen molar-refractivity contribution in [2.24, 2.45) is 11.7 Å². The summed E-state index contributed by atoms with van der Waals surface area (Å²) in [5, 5.41) is 0. The smallest absolute Gasteiger partial charge is 0.0299 e. The SMILES string of the molecule is CCC(C)C(N)CCc1cccnc1. The van der Waals surface area contributed by atoms with Crippen LogP contribution < -0.4 is 5.73 Å². The number of rotatable bonds is 5. The number of nitrogens with two attached hydrogens (primary N) is 1. The van der Waals surface area contributed by atoms with Gasteiger partial charge in [-0.2, -0.15) is 0 Å². The van der Waals surface area contributed by atoms with Gasteiger partial charge in [-0.15, -0.1) is 0 Å². The molecule has 0 bridgehead atoms. The van der Waals surface area contributed by atoms with E-state index in [1.807, 2.05) is 12.3 Å². The summed E-state index contributed by atoms with van der Waals surface area (Å²) in [6.45, 7) is 4.41. The van der Waals surface area contributed by atoms with Crippen LogP contribution in [0.4, 0.5) is 0 Å². The van der Waals surface area contributed by atoms with E-state index in [2.05, 4.69) is 24.9 Å². The van der Waals surface area contributed by atoms with E-state index in [0.29, 0.717) is 12.0 Å². The van der Waals surface area contributed by atoms with Gasteiger partial charge in [-0.05, 0) is 30.4 Å². The molecule has 1 aromatic heterocycles. The molecule has 0 aliphatic carbocycles. The van der Waals surface area contributed by atoms with Crippen LogP contribution in [0.15, 0.2) is 24.5 Å². The summed E-state index contributed by atoms with van der Waals surface area (Å²) in [5.41, 5.74) is 7.34. The Labute approximate surface area is 86.5 Å². The van der Waals surface area contributed by atoms with Crippen molar-refractivity contribution in [1.82, 2.24) is 4.98 Å². The van der Waals surface area contributed by atoms with E-state index in [-0.39, 0.29) is 0 Å². The quantitative estimate of drug-likeness (QED) is 0.778. The number of aromatic nitrogens is 1. The number of nitrogens with zero attached hydrogens (tertiary/aromatic N) is 1. The minimum absolute atomic E-state index is 0.320. The van der Waals surface area contributed by atoms with Crippen LogP contribution in [-0.2, 0) is 6.42 Å². The molecule has 2 nitrogen and oxygen atoms in total. The maximum absolute atomic E-state index is 6.06. The van der Waals surface area contributed by atoms with Gasteiger partial charge in [0.1, 0.15) is 0 Å². The van der Waals surface area contributed by atoms with E-state index < -0.39 is 0 Å². The molecule has 0 aromatic carbocycles. The zero-order chi connectivity index (χ0) is 10.4. The van der Waals surface area contributed by atoms with Gasteiger partial charge in [0.15, 0.2) is 0 Å². The normalized spacial score (nSPS) is 15.1. The van der Waals surface area contributed by atoms with Crippen molar-refractivity contribution in [3.8, 4) is 0 Å². The third-order valence-electron chi connectivity index (χ3n) is 2.86. The Kier molecular flexibility index (Phi) is 4.60. The standard InChI is InChI=1S/C12H20N2/c1-3-10(2)12(13)7-6-11-5-4-8-14-9-11/h4-5,8-10,12H,3,6-7,13H2,1-2H3. The summed E-state index contributed by atoms with van der Waals surface area (Å²) >= 11 is 0. The van der Waals surface area contributed by atoms with Crippen LogP contribution in [0.25, 0.3) is 0 Å². The number of hydrogen-bond donors (Lipinski definition) is 1. The van der Waals surface area contributed by atoms with Gasteiger partial charge in [0, 0.05) is 18.4 Å². The van der Waals surface area contributed by atoms with Crippen molar-refractivity contribution in [3.63, 3.8) is 0 Å². The highest BCUT2D eigenvalue weighted by atomic mass is 14.6. The molecular formula is C12H20N2. The number of hydrogen-bond acceptors (Lipinski definition) is 2. The van der Waals surface area contributed by atoms with E-state index in [4.69, 9.17) is 5.73 Å². The molecule has 0 saturated heterocycles. The lowest BCUT2D eigenvalue weighted by molar-refractivity contribution is 0.420. The van der Waals surface area contributed by atoms with Crippen LogP contribution in [0.1, 0.15) is 32.3 Å². The predicted molar refractivity (Wildman–Crippen MR) is 60.0 cm³/mol. The summed E-state index contributed by atoms with van der Waals surface area (Å²) in [6.07, 6.45) is 6.98. The first-order chi connectivity index (χ1) is 6.74. The van der Waals surface area contributed by atoms with Gasteiger partial charge in [0.2, 0.25) is 0 Å². The van der Waals surface area contributed by atoms with Gasteiger partial charge in [0.25, 0.3) is 0 Å². The van der Waals surface area contributed by atoms with E-state index >= 15 is 0 Å². The average molecular weight is 192 g/mol. The minimum atomic E-state index is 0.320. The molecule has 0 aliphatic heterocycles. The lowest BCUT2D eigenvalue weighted by atomic mass is 9.94. The van der Waals surface area contributed by atoms with Crippen LogP contribution in [0.5, 0.6) is 0 Å². The highest BCUT2D eigenvalue weighted by Crippen LogP contribution is 2.11. The molecule has 2 heteroatoms. The molecule has 1 aromatic rings. The third-order valence-corrected chi connectivity index (χ3v) is 2.86. The second-order valence-corrected chi connectivity index (χ2v) is 3.95. The van der Waals surface area contributed by atoms with Crippen molar-refractivity contribution in [2.45, 2.75) is 39.2 Å². The summed E-state index contributed by atoms with van der Waals surface area (Å²) in [6, 6.07) is 4.40. The first kappa shape index (κ1) is 11.2. The molecule has 0 radical (unpaired) electrons. The Balaban J connectivity index is 2.34. The summed E-state index contributed by atoms with van der Waals surface area (Å²) in [4.78, 5) is 4.09. The Morgan fingerprint density at radius 2 is 2.29 bits per heavy atom. The van der Waals surface area contributed by atoms with E-state index in [1.54, 1.807) is 6.20 Å². The van der Waals surface area contributed by atoms with Gasteiger partial charge in [-0.1, -0.05) is 26.3 Å². The van der Waals surface area contributed by atoms with Crippen LogP contribution >= 0.6 is 0 Å². The van der Waals surface area contributed by atoms with Crippen molar-refractivity contribution in [2.75, 3.05) is 0 Å². The molecule has 2 N–H and O–H groups in total. The molecule has 0 aliphatic rings. The molecule has 14 heavy (non-hydrogen) atoms.